The minimum Gasteiger partial charge on any atom is -0.393 e. The first-order valence-corrected chi connectivity index (χ1v) is 8.32. The van der Waals surface area contributed by atoms with Gasteiger partial charge in [0.15, 0.2) is 0 Å². The summed E-state index contributed by atoms with van der Waals surface area (Å²) >= 11 is 0. The van der Waals surface area contributed by atoms with Gasteiger partial charge in [-0.05, 0) is 55.8 Å². The molecule has 1 saturated carbocycles. The average Bonchev–Trinajstić information content (AvgIpc) is 2.49. The highest BCUT2D eigenvalue weighted by Gasteiger charge is 2.21. The van der Waals surface area contributed by atoms with Crippen LogP contribution < -0.4 is 10.2 Å². The number of aliphatic hydroxyl groups is 1. The normalized spacial score (nSPS) is 22.2. The molecule has 118 valence electrons. The number of benzene rings is 1. The van der Waals surface area contributed by atoms with Crippen LogP contribution in [0.3, 0.4) is 0 Å². The number of nitrogens with zero attached hydrogens (tertiary/aromatic N) is 1. The van der Waals surface area contributed by atoms with Crippen molar-refractivity contribution in [2.24, 2.45) is 5.92 Å². The van der Waals surface area contributed by atoms with E-state index >= 15 is 0 Å². The number of hydrogen-bond donors (Lipinski definition) is 2. The molecule has 2 N–H and O–H groups in total. The van der Waals surface area contributed by atoms with E-state index in [4.69, 9.17) is 0 Å². The van der Waals surface area contributed by atoms with Crippen LogP contribution in [0.5, 0.6) is 0 Å². The Hall–Kier alpha value is -1.06. The Morgan fingerprint density at radius 3 is 2.52 bits per heavy atom. The van der Waals surface area contributed by atoms with Crippen LogP contribution in [0.4, 0.5) is 5.69 Å². The summed E-state index contributed by atoms with van der Waals surface area (Å²) in [6, 6.07) is 8.70. The number of rotatable bonds is 7. The third-order valence-corrected chi connectivity index (χ3v) is 4.58. The van der Waals surface area contributed by atoms with E-state index in [1.807, 2.05) is 0 Å². The van der Waals surface area contributed by atoms with Crippen molar-refractivity contribution < 1.29 is 5.11 Å². The molecule has 2 atom stereocenters. The minimum atomic E-state index is -0.0441. The molecule has 21 heavy (non-hydrogen) atoms. The second-order valence-corrected chi connectivity index (χ2v) is 6.49. The number of nitrogens with one attached hydrogen (secondary N) is 1. The van der Waals surface area contributed by atoms with E-state index in [1.165, 1.54) is 30.5 Å². The lowest BCUT2D eigenvalue weighted by Gasteiger charge is -2.27. The van der Waals surface area contributed by atoms with Gasteiger partial charge in [0.2, 0.25) is 0 Å². The molecule has 0 spiro atoms. The molecule has 0 aliphatic heterocycles. The number of hydrogen-bond acceptors (Lipinski definition) is 3. The first-order valence-electron chi connectivity index (χ1n) is 8.32. The molecular weight excluding hydrogens is 260 g/mol. The predicted molar refractivity (Wildman–Crippen MR) is 89.7 cm³/mol. The smallest absolute Gasteiger partial charge is 0.0568 e. The van der Waals surface area contributed by atoms with Crippen molar-refractivity contribution >= 4 is 5.69 Å². The molecule has 3 heteroatoms. The van der Waals surface area contributed by atoms with Gasteiger partial charge >= 0.3 is 0 Å². The summed E-state index contributed by atoms with van der Waals surface area (Å²) in [6.07, 6.45) is 7.01. The molecule has 0 heterocycles. The first-order chi connectivity index (χ1) is 10.2. The fraction of sp³-hybridized carbons (Fsp3) is 0.667. The summed E-state index contributed by atoms with van der Waals surface area (Å²) in [5.41, 5.74) is 2.57. The van der Waals surface area contributed by atoms with Gasteiger partial charge < -0.3 is 15.3 Å². The number of anilines is 1. The van der Waals surface area contributed by atoms with Crippen molar-refractivity contribution in [3.8, 4) is 0 Å². The summed E-state index contributed by atoms with van der Waals surface area (Å²) in [7, 11) is 4.12. The van der Waals surface area contributed by atoms with Gasteiger partial charge in [0, 0.05) is 26.3 Å². The topological polar surface area (TPSA) is 35.5 Å². The standard InChI is InChI=1S/C18H30N2O/c1-20(2)17-11-9-15(10-12-17)14-19-13-5-7-16-6-3-4-8-18(16)21/h9-12,16,18-19,21H,3-8,13-14H2,1-2H3. The molecule has 1 aromatic rings. The molecule has 2 unspecified atom stereocenters. The van der Waals surface area contributed by atoms with Gasteiger partial charge in [-0.15, -0.1) is 0 Å². The van der Waals surface area contributed by atoms with E-state index in [2.05, 4.69) is 48.6 Å². The fourth-order valence-corrected chi connectivity index (χ4v) is 3.16. The van der Waals surface area contributed by atoms with Crippen LogP contribution in [0.15, 0.2) is 24.3 Å². The highest BCUT2D eigenvalue weighted by molar-refractivity contribution is 5.45. The number of aliphatic hydroxyl groups excluding tert-OH is 1. The Labute approximate surface area is 129 Å². The lowest BCUT2D eigenvalue weighted by atomic mass is 9.83. The van der Waals surface area contributed by atoms with Crippen molar-refractivity contribution in [3.63, 3.8) is 0 Å². The molecule has 1 aromatic carbocycles. The van der Waals surface area contributed by atoms with E-state index in [0.717, 1.165) is 32.4 Å². The molecule has 1 fully saturated rings. The maximum Gasteiger partial charge on any atom is 0.0568 e. The molecule has 0 amide bonds. The van der Waals surface area contributed by atoms with Crippen LogP contribution in [0.1, 0.15) is 44.1 Å². The Morgan fingerprint density at radius 2 is 1.86 bits per heavy atom. The average molecular weight is 290 g/mol. The highest BCUT2D eigenvalue weighted by atomic mass is 16.3. The zero-order valence-electron chi connectivity index (χ0n) is 13.5. The van der Waals surface area contributed by atoms with Crippen LogP contribution in [-0.2, 0) is 6.54 Å². The Balaban J connectivity index is 1.61. The van der Waals surface area contributed by atoms with Crippen molar-refractivity contribution in [1.29, 1.82) is 0 Å². The maximum atomic E-state index is 9.95. The van der Waals surface area contributed by atoms with E-state index in [1.54, 1.807) is 0 Å². The monoisotopic (exact) mass is 290 g/mol. The zero-order chi connectivity index (χ0) is 15.1. The molecule has 0 radical (unpaired) electrons. The summed E-state index contributed by atoms with van der Waals surface area (Å²) in [4.78, 5) is 2.12. The van der Waals surface area contributed by atoms with E-state index in [0.29, 0.717) is 5.92 Å². The molecule has 1 aliphatic rings. The van der Waals surface area contributed by atoms with Gasteiger partial charge in [0.1, 0.15) is 0 Å². The van der Waals surface area contributed by atoms with Gasteiger partial charge in [-0.3, -0.25) is 0 Å². The van der Waals surface area contributed by atoms with Crippen molar-refractivity contribution in [2.45, 2.75) is 51.2 Å². The highest BCUT2D eigenvalue weighted by Crippen LogP contribution is 2.27. The molecule has 1 aliphatic carbocycles. The predicted octanol–water partition coefficient (Wildman–Crippen LogP) is 3.17. The second-order valence-electron chi connectivity index (χ2n) is 6.49. The Kier molecular flexibility index (Phi) is 6.52. The van der Waals surface area contributed by atoms with Crippen molar-refractivity contribution in [3.05, 3.63) is 29.8 Å². The molecular formula is C18H30N2O. The van der Waals surface area contributed by atoms with Crippen LogP contribution in [-0.4, -0.2) is 31.9 Å². The largest absolute Gasteiger partial charge is 0.393 e. The van der Waals surface area contributed by atoms with Gasteiger partial charge in [-0.1, -0.05) is 25.0 Å². The molecule has 0 aromatic heterocycles. The fourth-order valence-electron chi connectivity index (χ4n) is 3.16. The van der Waals surface area contributed by atoms with E-state index < -0.39 is 0 Å². The lowest BCUT2D eigenvalue weighted by Crippen LogP contribution is -2.25. The maximum absolute atomic E-state index is 9.95. The SMILES string of the molecule is CN(C)c1ccc(CNCCCC2CCCCC2O)cc1. The third-order valence-electron chi connectivity index (χ3n) is 4.58. The van der Waals surface area contributed by atoms with E-state index in [9.17, 15) is 5.11 Å². The summed E-state index contributed by atoms with van der Waals surface area (Å²) in [6.45, 7) is 1.97. The molecule has 0 bridgehead atoms. The van der Waals surface area contributed by atoms with Crippen molar-refractivity contribution in [2.75, 3.05) is 25.5 Å². The van der Waals surface area contributed by atoms with E-state index in [-0.39, 0.29) is 6.10 Å². The van der Waals surface area contributed by atoms with Gasteiger partial charge in [-0.2, -0.15) is 0 Å². The lowest BCUT2D eigenvalue weighted by molar-refractivity contribution is 0.0643. The minimum absolute atomic E-state index is 0.0441. The first kappa shape index (κ1) is 16.3. The van der Waals surface area contributed by atoms with Crippen LogP contribution in [0.25, 0.3) is 0 Å². The summed E-state index contributed by atoms with van der Waals surface area (Å²) < 4.78 is 0. The van der Waals surface area contributed by atoms with Gasteiger partial charge in [0.25, 0.3) is 0 Å². The second kappa shape index (κ2) is 8.40. The zero-order valence-corrected chi connectivity index (χ0v) is 13.5. The Bertz CT molecular complexity index is 402. The van der Waals surface area contributed by atoms with Crippen LogP contribution in [0, 0.1) is 5.92 Å². The summed E-state index contributed by atoms with van der Waals surface area (Å²) in [5.74, 6) is 0.542. The molecule has 3 nitrogen and oxygen atoms in total. The van der Waals surface area contributed by atoms with Crippen LogP contribution in [0.2, 0.25) is 0 Å². The molecule has 2 rings (SSSR count). The van der Waals surface area contributed by atoms with Gasteiger partial charge in [0.05, 0.1) is 6.10 Å². The van der Waals surface area contributed by atoms with Crippen molar-refractivity contribution in [1.82, 2.24) is 5.32 Å². The summed E-state index contributed by atoms with van der Waals surface area (Å²) in [5, 5.41) is 13.5. The third kappa shape index (κ3) is 5.33. The van der Waals surface area contributed by atoms with Gasteiger partial charge in [-0.25, -0.2) is 0 Å². The van der Waals surface area contributed by atoms with Crippen LogP contribution >= 0.6 is 0 Å². The molecule has 0 saturated heterocycles. The Morgan fingerprint density at radius 1 is 1.14 bits per heavy atom. The quantitative estimate of drug-likeness (QED) is 0.757.